The van der Waals surface area contributed by atoms with Crippen LogP contribution in [-0.2, 0) is 0 Å². The van der Waals surface area contributed by atoms with Crippen molar-refractivity contribution in [3.05, 3.63) is 106 Å². The Hall–Kier alpha value is -2.88. The van der Waals surface area contributed by atoms with Gasteiger partial charge in [-0.1, -0.05) is 41.4 Å². The standard InChI is InChI=1S/C22H14Cl2O3/c23-18-9-5-16(6-10-18)21(25)13-4-15-2-1-3-20(14-15)27-22(26)17-7-11-19(24)12-8-17/h1-14H. The lowest BCUT2D eigenvalue weighted by atomic mass is 10.1. The molecule has 0 aliphatic carbocycles. The summed E-state index contributed by atoms with van der Waals surface area (Å²) in [6.45, 7) is 0. The van der Waals surface area contributed by atoms with E-state index in [1.165, 1.54) is 6.08 Å². The maximum Gasteiger partial charge on any atom is 0.343 e. The molecule has 0 bridgehead atoms. The zero-order chi connectivity index (χ0) is 19.2. The van der Waals surface area contributed by atoms with Crippen molar-refractivity contribution in [2.45, 2.75) is 0 Å². The molecule has 0 aromatic heterocycles. The van der Waals surface area contributed by atoms with E-state index >= 15 is 0 Å². The van der Waals surface area contributed by atoms with E-state index in [9.17, 15) is 9.59 Å². The smallest absolute Gasteiger partial charge is 0.343 e. The fraction of sp³-hybridized carbons (Fsp3) is 0. The largest absolute Gasteiger partial charge is 0.423 e. The number of halogens is 2. The number of carbonyl (C=O) groups excluding carboxylic acids is 2. The second kappa shape index (κ2) is 8.67. The van der Waals surface area contributed by atoms with Gasteiger partial charge >= 0.3 is 5.97 Å². The number of rotatable bonds is 5. The van der Waals surface area contributed by atoms with Gasteiger partial charge in [0.25, 0.3) is 0 Å². The normalized spacial score (nSPS) is 10.7. The number of esters is 1. The molecule has 0 saturated carbocycles. The summed E-state index contributed by atoms with van der Waals surface area (Å²) in [5.74, 6) is -0.240. The SMILES string of the molecule is O=C(C=Cc1cccc(OC(=O)c2ccc(Cl)cc2)c1)c1ccc(Cl)cc1. The molecule has 0 aliphatic heterocycles. The van der Waals surface area contributed by atoms with Gasteiger partial charge in [-0.25, -0.2) is 4.79 Å². The lowest BCUT2D eigenvalue weighted by molar-refractivity contribution is 0.0734. The van der Waals surface area contributed by atoms with Crippen molar-refractivity contribution in [3.8, 4) is 5.75 Å². The summed E-state index contributed by atoms with van der Waals surface area (Å²) in [7, 11) is 0. The molecule has 27 heavy (non-hydrogen) atoms. The van der Waals surface area contributed by atoms with E-state index < -0.39 is 5.97 Å². The molecule has 3 aromatic carbocycles. The number of hydrogen-bond donors (Lipinski definition) is 0. The van der Waals surface area contributed by atoms with Gasteiger partial charge in [0.1, 0.15) is 5.75 Å². The van der Waals surface area contributed by atoms with Crippen LogP contribution in [0.4, 0.5) is 0 Å². The molecule has 5 heteroatoms. The van der Waals surface area contributed by atoms with Crippen molar-refractivity contribution >= 4 is 41.0 Å². The summed E-state index contributed by atoms with van der Waals surface area (Å²) in [5, 5.41) is 1.12. The fourth-order valence-electron chi connectivity index (χ4n) is 2.32. The van der Waals surface area contributed by atoms with E-state index in [4.69, 9.17) is 27.9 Å². The van der Waals surface area contributed by atoms with E-state index in [0.717, 1.165) is 5.56 Å². The van der Waals surface area contributed by atoms with Gasteiger partial charge in [-0.15, -0.1) is 0 Å². The lowest BCUT2D eigenvalue weighted by Crippen LogP contribution is -2.08. The van der Waals surface area contributed by atoms with Gasteiger partial charge in [0.2, 0.25) is 0 Å². The molecule has 3 rings (SSSR count). The minimum Gasteiger partial charge on any atom is -0.423 e. The Morgan fingerprint density at radius 2 is 1.37 bits per heavy atom. The van der Waals surface area contributed by atoms with Crippen molar-refractivity contribution < 1.29 is 14.3 Å². The highest BCUT2D eigenvalue weighted by Gasteiger charge is 2.08. The molecule has 3 aromatic rings. The van der Waals surface area contributed by atoms with Gasteiger partial charge < -0.3 is 4.74 Å². The Bertz CT molecular complexity index is 991. The molecule has 134 valence electrons. The quantitative estimate of drug-likeness (QED) is 0.226. The van der Waals surface area contributed by atoms with Crippen LogP contribution in [0, 0.1) is 0 Å². The fourth-order valence-corrected chi connectivity index (χ4v) is 2.57. The van der Waals surface area contributed by atoms with E-state index in [1.54, 1.807) is 72.8 Å². The van der Waals surface area contributed by atoms with Crippen molar-refractivity contribution in [3.63, 3.8) is 0 Å². The van der Waals surface area contributed by atoms with Gasteiger partial charge in [-0.05, 0) is 72.3 Å². The average molecular weight is 397 g/mol. The minimum atomic E-state index is -0.481. The Morgan fingerprint density at radius 3 is 2.00 bits per heavy atom. The van der Waals surface area contributed by atoms with Gasteiger partial charge in [-0.3, -0.25) is 4.79 Å². The molecule has 0 spiro atoms. The van der Waals surface area contributed by atoms with Gasteiger partial charge in [0.05, 0.1) is 5.56 Å². The first-order valence-corrected chi connectivity index (χ1v) is 8.83. The predicted molar refractivity (Wildman–Crippen MR) is 108 cm³/mol. The van der Waals surface area contributed by atoms with Crippen molar-refractivity contribution in [1.29, 1.82) is 0 Å². The van der Waals surface area contributed by atoms with Crippen LogP contribution in [0.5, 0.6) is 5.75 Å². The summed E-state index contributed by atoms with van der Waals surface area (Å²) in [6, 6.07) is 20.0. The third-order valence-electron chi connectivity index (χ3n) is 3.70. The first-order chi connectivity index (χ1) is 13.0. The van der Waals surface area contributed by atoms with Crippen LogP contribution < -0.4 is 4.74 Å². The molecule has 0 N–H and O–H groups in total. The number of benzene rings is 3. The van der Waals surface area contributed by atoms with E-state index in [1.807, 2.05) is 6.07 Å². The Kier molecular flexibility index (Phi) is 6.07. The summed E-state index contributed by atoms with van der Waals surface area (Å²) < 4.78 is 5.37. The van der Waals surface area contributed by atoms with Crippen molar-refractivity contribution in [2.75, 3.05) is 0 Å². The summed E-state index contributed by atoms with van der Waals surface area (Å²) in [5.41, 5.74) is 1.68. The number of ketones is 1. The van der Waals surface area contributed by atoms with Gasteiger partial charge in [0.15, 0.2) is 5.78 Å². The second-order valence-corrected chi connectivity index (χ2v) is 6.55. The van der Waals surface area contributed by atoms with Gasteiger partial charge in [0, 0.05) is 15.6 Å². The molecule has 0 unspecified atom stereocenters. The van der Waals surface area contributed by atoms with Crippen LogP contribution in [0.15, 0.2) is 78.9 Å². The molecular weight excluding hydrogens is 383 g/mol. The summed E-state index contributed by atoms with van der Waals surface area (Å²) in [6.07, 6.45) is 3.12. The second-order valence-electron chi connectivity index (χ2n) is 5.67. The highest BCUT2D eigenvalue weighted by Crippen LogP contribution is 2.18. The molecule has 0 radical (unpaired) electrons. The molecule has 0 atom stereocenters. The number of ether oxygens (including phenoxy) is 1. The zero-order valence-corrected chi connectivity index (χ0v) is 15.6. The maximum absolute atomic E-state index is 12.2. The van der Waals surface area contributed by atoms with Gasteiger partial charge in [-0.2, -0.15) is 0 Å². The molecule has 0 amide bonds. The maximum atomic E-state index is 12.2. The van der Waals surface area contributed by atoms with Crippen molar-refractivity contribution in [2.24, 2.45) is 0 Å². The number of allylic oxidation sites excluding steroid dienone is 1. The highest BCUT2D eigenvalue weighted by molar-refractivity contribution is 6.31. The van der Waals surface area contributed by atoms with Crippen LogP contribution in [0.2, 0.25) is 10.0 Å². The Balaban J connectivity index is 1.69. The molecule has 3 nitrogen and oxygen atoms in total. The summed E-state index contributed by atoms with van der Waals surface area (Å²) >= 11 is 11.6. The topological polar surface area (TPSA) is 43.4 Å². The van der Waals surface area contributed by atoms with E-state index in [0.29, 0.717) is 26.9 Å². The molecular formula is C22H14Cl2O3. The van der Waals surface area contributed by atoms with Crippen LogP contribution >= 0.6 is 23.2 Å². The van der Waals surface area contributed by atoms with Crippen LogP contribution in [0.1, 0.15) is 26.3 Å². The minimum absolute atomic E-state index is 0.143. The molecule has 0 heterocycles. The highest BCUT2D eigenvalue weighted by atomic mass is 35.5. The first-order valence-electron chi connectivity index (χ1n) is 8.07. The number of carbonyl (C=O) groups is 2. The third kappa shape index (κ3) is 5.30. The summed E-state index contributed by atoms with van der Waals surface area (Å²) in [4.78, 5) is 24.3. The zero-order valence-electron chi connectivity index (χ0n) is 14.1. The van der Waals surface area contributed by atoms with Crippen molar-refractivity contribution in [1.82, 2.24) is 0 Å². The lowest BCUT2D eigenvalue weighted by Gasteiger charge is -2.05. The third-order valence-corrected chi connectivity index (χ3v) is 4.21. The monoisotopic (exact) mass is 396 g/mol. The number of hydrogen-bond acceptors (Lipinski definition) is 3. The van der Waals surface area contributed by atoms with Crippen LogP contribution in [0.25, 0.3) is 6.08 Å². The Morgan fingerprint density at radius 1 is 0.778 bits per heavy atom. The van der Waals surface area contributed by atoms with Crippen LogP contribution in [-0.4, -0.2) is 11.8 Å². The molecule has 0 aliphatic rings. The molecule has 0 saturated heterocycles. The predicted octanol–water partition coefficient (Wildman–Crippen LogP) is 6.11. The first kappa shape index (κ1) is 18.9. The van der Waals surface area contributed by atoms with E-state index in [-0.39, 0.29) is 5.78 Å². The van der Waals surface area contributed by atoms with Crippen LogP contribution in [0.3, 0.4) is 0 Å². The average Bonchev–Trinajstić information content (AvgIpc) is 2.67. The van der Waals surface area contributed by atoms with E-state index in [2.05, 4.69) is 0 Å². The molecule has 0 fully saturated rings. The Labute approximate surface area is 166 Å².